The number of carboxylic acid groups (broad SMARTS) is 1. The van der Waals surface area contributed by atoms with Crippen LogP contribution in [0.3, 0.4) is 0 Å². The van der Waals surface area contributed by atoms with Crippen LogP contribution >= 0.6 is 0 Å². The Morgan fingerprint density at radius 1 is 1.03 bits per heavy atom. The number of nitrogens with zero attached hydrogens (tertiary/aromatic N) is 1. The summed E-state index contributed by atoms with van der Waals surface area (Å²) in [7, 11) is 0. The molecular formula is C28H32N2O5. The molecule has 7 nitrogen and oxygen atoms in total. The number of amides is 2. The van der Waals surface area contributed by atoms with Gasteiger partial charge in [0.1, 0.15) is 6.61 Å². The van der Waals surface area contributed by atoms with E-state index >= 15 is 0 Å². The van der Waals surface area contributed by atoms with Gasteiger partial charge in [0.25, 0.3) is 0 Å². The standard InChI is InChI=1S/C28H32N2O5/c1-2-11-27(25(32)33)14-15-30(18-27)24(31)16-28(12-13-28)29-26(34)35-17-23-21-9-5-3-7-19(21)20-8-4-6-10-22(20)23/h3-10,23H,2,11-18H2,1H3,(H,29,34)(H,32,33). The number of carboxylic acids is 1. The minimum absolute atomic E-state index is 0.0164. The van der Waals surface area contributed by atoms with Crippen LogP contribution in [0.1, 0.15) is 62.5 Å². The predicted molar refractivity (Wildman–Crippen MR) is 131 cm³/mol. The van der Waals surface area contributed by atoms with Gasteiger partial charge >= 0.3 is 12.1 Å². The average molecular weight is 477 g/mol. The number of rotatable bonds is 8. The summed E-state index contributed by atoms with van der Waals surface area (Å²) in [5.74, 6) is -0.939. The van der Waals surface area contributed by atoms with E-state index in [1.54, 1.807) is 4.90 Å². The highest BCUT2D eigenvalue weighted by molar-refractivity contribution is 5.83. The van der Waals surface area contributed by atoms with Gasteiger partial charge in [-0.05, 0) is 47.9 Å². The van der Waals surface area contributed by atoms with E-state index in [1.807, 2.05) is 31.2 Å². The number of hydrogen-bond donors (Lipinski definition) is 2. The van der Waals surface area contributed by atoms with Crippen LogP contribution in [0, 0.1) is 5.41 Å². The van der Waals surface area contributed by atoms with Gasteiger partial charge < -0.3 is 20.1 Å². The van der Waals surface area contributed by atoms with Gasteiger partial charge in [-0.2, -0.15) is 0 Å². The monoisotopic (exact) mass is 476 g/mol. The molecule has 2 amide bonds. The molecule has 2 N–H and O–H groups in total. The summed E-state index contributed by atoms with van der Waals surface area (Å²) in [5, 5.41) is 12.7. The molecule has 1 heterocycles. The normalized spacial score (nSPS) is 21.8. The second kappa shape index (κ2) is 9.02. The number of benzene rings is 2. The summed E-state index contributed by atoms with van der Waals surface area (Å²) in [4.78, 5) is 39.2. The maximum Gasteiger partial charge on any atom is 0.407 e. The van der Waals surface area contributed by atoms with Crippen LogP contribution in [0.15, 0.2) is 48.5 Å². The molecule has 5 rings (SSSR count). The predicted octanol–water partition coefficient (Wildman–Crippen LogP) is 4.55. The number of alkyl carbamates (subject to hydrolysis) is 1. The molecule has 35 heavy (non-hydrogen) atoms. The molecule has 0 aromatic heterocycles. The maximum absolute atomic E-state index is 13.0. The van der Waals surface area contributed by atoms with Gasteiger partial charge in [-0.1, -0.05) is 61.9 Å². The highest BCUT2D eigenvalue weighted by Crippen LogP contribution is 2.45. The van der Waals surface area contributed by atoms with Crippen LogP contribution in [0.5, 0.6) is 0 Å². The summed E-state index contributed by atoms with van der Waals surface area (Å²) >= 11 is 0. The Morgan fingerprint density at radius 3 is 2.23 bits per heavy atom. The molecule has 2 aliphatic carbocycles. The number of likely N-dealkylation sites (tertiary alicyclic amines) is 1. The zero-order valence-electron chi connectivity index (χ0n) is 20.1. The van der Waals surface area contributed by atoms with Crippen molar-refractivity contribution in [3.63, 3.8) is 0 Å². The van der Waals surface area contributed by atoms with E-state index in [4.69, 9.17) is 4.74 Å². The third kappa shape index (κ3) is 4.40. The molecule has 0 spiro atoms. The minimum atomic E-state index is -0.846. The molecule has 3 aliphatic rings. The van der Waals surface area contributed by atoms with E-state index in [0.29, 0.717) is 19.4 Å². The van der Waals surface area contributed by atoms with Crippen molar-refractivity contribution in [3.05, 3.63) is 59.7 Å². The molecule has 1 atom stereocenters. The first kappa shape index (κ1) is 23.4. The van der Waals surface area contributed by atoms with Crippen molar-refractivity contribution in [3.8, 4) is 11.1 Å². The fourth-order valence-electron chi connectivity index (χ4n) is 5.80. The molecular weight excluding hydrogens is 444 g/mol. The number of nitrogens with one attached hydrogen (secondary N) is 1. The van der Waals surface area contributed by atoms with E-state index in [1.165, 1.54) is 11.1 Å². The Morgan fingerprint density at radius 2 is 1.66 bits per heavy atom. The molecule has 0 radical (unpaired) electrons. The Labute approximate surface area is 205 Å². The van der Waals surface area contributed by atoms with Crippen molar-refractivity contribution >= 4 is 18.0 Å². The second-order valence-electron chi connectivity index (χ2n) is 10.3. The van der Waals surface area contributed by atoms with Crippen molar-refractivity contribution < 1.29 is 24.2 Å². The van der Waals surface area contributed by atoms with Gasteiger partial charge in [0.2, 0.25) is 5.91 Å². The molecule has 1 saturated carbocycles. The first-order valence-corrected chi connectivity index (χ1v) is 12.5. The average Bonchev–Trinajstić information content (AvgIpc) is 3.31. The van der Waals surface area contributed by atoms with Gasteiger partial charge in [0.05, 0.1) is 17.4 Å². The van der Waals surface area contributed by atoms with Crippen molar-refractivity contribution in [2.45, 2.75) is 56.9 Å². The fraction of sp³-hybridized carbons (Fsp3) is 0.464. The zero-order valence-corrected chi connectivity index (χ0v) is 20.1. The quantitative estimate of drug-likeness (QED) is 0.583. The molecule has 7 heteroatoms. The molecule has 2 fully saturated rings. The Hall–Kier alpha value is -3.35. The summed E-state index contributed by atoms with van der Waals surface area (Å²) in [6.07, 6.45) is 2.92. The molecule has 1 unspecified atom stereocenters. The first-order valence-electron chi connectivity index (χ1n) is 12.5. The summed E-state index contributed by atoms with van der Waals surface area (Å²) in [6.45, 7) is 2.89. The highest BCUT2D eigenvalue weighted by Gasteiger charge is 2.50. The van der Waals surface area contributed by atoms with Gasteiger partial charge in [-0.15, -0.1) is 0 Å². The van der Waals surface area contributed by atoms with E-state index in [0.717, 1.165) is 30.4 Å². The highest BCUT2D eigenvalue weighted by atomic mass is 16.5. The third-order valence-corrected chi connectivity index (χ3v) is 7.94. The number of carbonyl (C=O) groups excluding carboxylic acids is 2. The molecule has 0 bridgehead atoms. The van der Waals surface area contributed by atoms with Crippen molar-refractivity contribution in [1.29, 1.82) is 0 Å². The Kier molecular flexibility index (Phi) is 6.03. The lowest BCUT2D eigenvalue weighted by Crippen LogP contribution is -2.43. The Bertz CT molecular complexity index is 1110. The number of fused-ring (bicyclic) bond motifs is 3. The van der Waals surface area contributed by atoms with E-state index in [2.05, 4.69) is 29.6 Å². The fourth-order valence-corrected chi connectivity index (χ4v) is 5.80. The van der Waals surface area contributed by atoms with Gasteiger partial charge in [0, 0.05) is 19.0 Å². The van der Waals surface area contributed by atoms with Crippen LogP contribution in [-0.2, 0) is 14.3 Å². The minimum Gasteiger partial charge on any atom is -0.481 e. The van der Waals surface area contributed by atoms with E-state index < -0.39 is 23.0 Å². The van der Waals surface area contributed by atoms with Crippen molar-refractivity contribution in [2.24, 2.45) is 5.41 Å². The molecule has 2 aromatic carbocycles. The topological polar surface area (TPSA) is 95.9 Å². The van der Waals surface area contributed by atoms with Crippen LogP contribution in [0.2, 0.25) is 0 Å². The molecule has 1 saturated heterocycles. The van der Waals surface area contributed by atoms with Crippen molar-refractivity contribution in [1.82, 2.24) is 10.2 Å². The largest absolute Gasteiger partial charge is 0.481 e. The lowest BCUT2D eigenvalue weighted by atomic mass is 9.83. The van der Waals surface area contributed by atoms with Gasteiger partial charge in [-0.3, -0.25) is 9.59 Å². The van der Waals surface area contributed by atoms with Crippen LogP contribution in [0.4, 0.5) is 4.79 Å². The molecule has 2 aromatic rings. The maximum atomic E-state index is 13.0. The SMILES string of the molecule is CCCC1(C(=O)O)CCN(C(=O)CC2(NC(=O)OCC3c4ccccc4-c4ccccc43)CC2)C1. The third-order valence-electron chi connectivity index (χ3n) is 7.94. The van der Waals surface area contributed by atoms with Gasteiger partial charge in [0.15, 0.2) is 0 Å². The smallest absolute Gasteiger partial charge is 0.407 e. The number of carbonyl (C=O) groups is 3. The summed E-state index contributed by atoms with van der Waals surface area (Å²) < 4.78 is 5.67. The number of hydrogen-bond acceptors (Lipinski definition) is 4. The molecule has 1 aliphatic heterocycles. The summed E-state index contributed by atoms with van der Waals surface area (Å²) in [5.41, 5.74) is 3.22. The van der Waals surface area contributed by atoms with Crippen LogP contribution < -0.4 is 5.32 Å². The van der Waals surface area contributed by atoms with Crippen LogP contribution in [0.25, 0.3) is 11.1 Å². The van der Waals surface area contributed by atoms with Crippen molar-refractivity contribution in [2.75, 3.05) is 19.7 Å². The second-order valence-corrected chi connectivity index (χ2v) is 10.3. The Balaban J connectivity index is 1.18. The number of ether oxygens (including phenoxy) is 1. The first-order chi connectivity index (χ1) is 16.9. The lowest BCUT2D eigenvalue weighted by molar-refractivity contribution is -0.149. The molecule has 184 valence electrons. The van der Waals surface area contributed by atoms with E-state index in [9.17, 15) is 19.5 Å². The van der Waals surface area contributed by atoms with E-state index in [-0.39, 0.29) is 31.4 Å². The summed E-state index contributed by atoms with van der Waals surface area (Å²) in [6, 6.07) is 16.4. The lowest BCUT2D eigenvalue weighted by Gasteiger charge is -2.25. The number of aliphatic carboxylic acids is 1. The van der Waals surface area contributed by atoms with Crippen LogP contribution in [-0.4, -0.2) is 53.2 Å². The zero-order chi connectivity index (χ0) is 24.6. The van der Waals surface area contributed by atoms with Gasteiger partial charge in [-0.25, -0.2) is 4.79 Å².